The highest BCUT2D eigenvalue weighted by Gasteiger charge is 2.28. The average Bonchev–Trinajstić information content (AvgIpc) is 2.35. The molecule has 18 heavy (non-hydrogen) atoms. The summed E-state index contributed by atoms with van der Waals surface area (Å²) in [5.41, 5.74) is 3.77. The molecule has 0 atom stereocenters. The summed E-state index contributed by atoms with van der Waals surface area (Å²) in [4.78, 5) is 16.6. The molecular formula is C15H13NO2. The molecule has 1 aromatic carbocycles. The number of allylic oxidation sites excluding steroid dienone is 2. The van der Waals surface area contributed by atoms with Gasteiger partial charge in [0.25, 0.3) is 0 Å². The lowest BCUT2D eigenvalue weighted by Gasteiger charge is -2.19. The number of aryl methyl sites for hydroxylation is 2. The van der Waals surface area contributed by atoms with Crippen LogP contribution in [-0.2, 0) is 0 Å². The van der Waals surface area contributed by atoms with E-state index < -0.39 is 0 Å². The van der Waals surface area contributed by atoms with Crippen molar-refractivity contribution < 1.29 is 9.90 Å². The Morgan fingerprint density at radius 1 is 1.11 bits per heavy atom. The monoisotopic (exact) mass is 239 g/mol. The van der Waals surface area contributed by atoms with Crippen molar-refractivity contribution in [3.63, 3.8) is 0 Å². The lowest BCUT2D eigenvalue weighted by molar-refractivity contribution is 0.0979. The van der Waals surface area contributed by atoms with E-state index in [0.717, 1.165) is 21.9 Å². The van der Waals surface area contributed by atoms with Gasteiger partial charge in [0, 0.05) is 22.7 Å². The van der Waals surface area contributed by atoms with Crippen LogP contribution in [0.2, 0.25) is 0 Å². The summed E-state index contributed by atoms with van der Waals surface area (Å²) in [6, 6.07) is 3.93. The summed E-state index contributed by atoms with van der Waals surface area (Å²) in [5.74, 6) is -0.482. The Hall–Kier alpha value is -2.16. The van der Waals surface area contributed by atoms with Gasteiger partial charge in [-0.1, -0.05) is 12.1 Å². The highest BCUT2D eigenvalue weighted by atomic mass is 16.3. The Kier molecular flexibility index (Phi) is 2.08. The number of hydrogen-bond donors (Lipinski definition) is 1. The molecule has 1 aliphatic rings. The average molecular weight is 239 g/mol. The van der Waals surface area contributed by atoms with Gasteiger partial charge in [-0.3, -0.25) is 9.78 Å². The molecule has 1 heterocycles. The SMILES string of the molecule is CC1=C(O)C(=O)c2c(C)ccc3c(C)cnc1c23. The van der Waals surface area contributed by atoms with E-state index in [2.05, 4.69) is 4.98 Å². The molecule has 0 unspecified atom stereocenters. The summed E-state index contributed by atoms with van der Waals surface area (Å²) in [6.45, 7) is 5.59. The summed E-state index contributed by atoms with van der Waals surface area (Å²) in [6.07, 6.45) is 1.78. The molecule has 0 radical (unpaired) electrons. The van der Waals surface area contributed by atoms with Gasteiger partial charge in [-0.25, -0.2) is 0 Å². The number of aliphatic hydroxyl groups excluding tert-OH is 1. The molecule has 1 aromatic heterocycles. The minimum Gasteiger partial charge on any atom is -0.504 e. The first-order chi connectivity index (χ1) is 8.52. The van der Waals surface area contributed by atoms with Crippen LogP contribution in [0.1, 0.15) is 34.1 Å². The third-order valence-corrected chi connectivity index (χ3v) is 3.62. The van der Waals surface area contributed by atoms with Gasteiger partial charge in [0.05, 0.1) is 5.69 Å². The van der Waals surface area contributed by atoms with Crippen LogP contribution in [-0.4, -0.2) is 15.9 Å². The maximum absolute atomic E-state index is 12.2. The molecule has 0 amide bonds. The molecule has 3 nitrogen and oxygen atoms in total. The van der Waals surface area contributed by atoms with Crippen molar-refractivity contribution >= 4 is 22.1 Å². The molecule has 3 heteroatoms. The molecule has 0 fully saturated rings. The van der Waals surface area contributed by atoms with Crippen LogP contribution in [0.25, 0.3) is 16.3 Å². The maximum atomic E-state index is 12.2. The highest BCUT2D eigenvalue weighted by Crippen LogP contribution is 2.36. The van der Waals surface area contributed by atoms with Gasteiger partial charge < -0.3 is 5.11 Å². The molecule has 0 spiro atoms. The summed E-state index contributed by atoms with van der Waals surface area (Å²) in [5, 5.41) is 11.8. The smallest absolute Gasteiger partial charge is 0.228 e. The van der Waals surface area contributed by atoms with Crippen LogP contribution in [0, 0.1) is 13.8 Å². The van der Waals surface area contributed by atoms with Crippen molar-refractivity contribution in [2.75, 3.05) is 0 Å². The quantitative estimate of drug-likeness (QED) is 0.767. The van der Waals surface area contributed by atoms with Gasteiger partial charge in [-0.05, 0) is 37.3 Å². The third kappa shape index (κ3) is 1.19. The number of nitrogens with zero attached hydrogens (tertiary/aromatic N) is 1. The molecule has 0 aliphatic heterocycles. The standard InChI is InChI=1S/C15H13NO2/c1-7-4-5-10-8(2)6-16-13-9(3)14(17)15(18)11(7)12(10)13/h4-6,17H,1-3H3. The van der Waals surface area contributed by atoms with Crippen LogP contribution in [0.4, 0.5) is 0 Å². The first-order valence-electron chi connectivity index (χ1n) is 5.86. The van der Waals surface area contributed by atoms with E-state index >= 15 is 0 Å². The summed E-state index contributed by atoms with van der Waals surface area (Å²) >= 11 is 0. The number of pyridine rings is 1. The van der Waals surface area contributed by atoms with Crippen molar-refractivity contribution in [3.05, 3.63) is 46.5 Å². The molecule has 0 bridgehead atoms. The number of benzene rings is 1. The predicted molar refractivity (Wildman–Crippen MR) is 70.8 cm³/mol. The summed E-state index contributed by atoms with van der Waals surface area (Å²) in [7, 11) is 0. The highest BCUT2D eigenvalue weighted by molar-refractivity contribution is 6.24. The largest absolute Gasteiger partial charge is 0.504 e. The molecule has 1 aliphatic carbocycles. The number of carbonyl (C=O) groups is 1. The zero-order valence-electron chi connectivity index (χ0n) is 10.5. The predicted octanol–water partition coefficient (Wildman–Crippen LogP) is 3.34. The second kappa shape index (κ2) is 3.42. The number of aliphatic hydroxyl groups is 1. The summed E-state index contributed by atoms with van der Waals surface area (Å²) < 4.78 is 0. The maximum Gasteiger partial charge on any atom is 0.228 e. The van der Waals surface area contributed by atoms with E-state index in [1.54, 1.807) is 13.1 Å². The van der Waals surface area contributed by atoms with Crippen molar-refractivity contribution in [2.45, 2.75) is 20.8 Å². The fourth-order valence-electron chi connectivity index (χ4n) is 2.55. The van der Waals surface area contributed by atoms with Crippen molar-refractivity contribution in [1.82, 2.24) is 4.98 Å². The first kappa shape index (κ1) is 11.0. The van der Waals surface area contributed by atoms with Crippen LogP contribution >= 0.6 is 0 Å². The third-order valence-electron chi connectivity index (χ3n) is 3.62. The second-order valence-corrected chi connectivity index (χ2v) is 4.77. The normalized spacial score (nSPS) is 14.5. The van der Waals surface area contributed by atoms with Crippen LogP contribution in [0.15, 0.2) is 24.1 Å². The van der Waals surface area contributed by atoms with E-state index in [9.17, 15) is 9.90 Å². The van der Waals surface area contributed by atoms with Gasteiger partial charge in [-0.15, -0.1) is 0 Å². The van der Waals surface area contributed by atoms with Crippen LogP contribution < -0.4 is 0 Å². The molecule has 2 aromatic rings. The number of aromatic nitrogens is 1. The number of rotatable bonds is 0. The van der Waals surface area contributed by atoms with E-state index in [0.29, 0.717) is 16.8 Å². The Morgan fingerprint density at radius 3 is 2.56 bits per heavy atom. The Labute approximate surface area is 105 Å². The van der Waals surface area contributed by atoms with Gasteiger partial charge >= 0.3 is 0 Å². The number of carbonyl (C=O) groups excluding carboxylic acids is 1. The fraction of sp³-hybridized carbons (Fsp3) is 0.200. The van der Waals surface area contributed by atoms with E-state index in [1.165, 1.54) is 0 Å². The Balaban J connectivity index is 2.62. The van der Waals surface area contributed by atoms with E-state index in [4.69, 9.17) is 0 Å². The zero-order valence-corrected chi connectivity index (χ0v) is 10.5. The Bertz CT molecular complexity index is 742. The minimum atomic E-state index is -0.296. The molecule has 3 rings (SSSR count). The molecule has 0 saturated carbocycles. The molecule has 0 saturated heterocycles. The lowest BCUT2D eigenvalue weighted by Crippen LogP contribution is -2.14. The van der Waals surface area contributed by atoms with Gasteiger partial charge in [0.2, 0.25) is 5.78 Å². The second-order valence-electron chi connectivity index (χ2n) is 4.77. The topological polar surface area (TPSA) is 50.2 Å². The van der Waals surface area contributed by atoms with E-state index in [1.807, 2.05) is 26.0 Å². The van der Waals surface area contributed by atoms with E-state index in [-0.39, 0.29) is 11.5 Å². The first-order valence-corrected chi connectivity index (χ1v) is 5.86. The van der Waals surface area contributed by atoms with Gasteiger partial charge in [-0.2, -0.15) is 0 Å². The minimum absolute atomic E-state index is 0.186. The van der Waals surface area contributed by atoms with Crippen molar-refractivity contribution in [3.8, 4) is 0 Å². The van der Waals surface area contributed by atoms with Crippen molar-refractivity contribution in [2.24, 2.45) is 0 Å². The fourth-order valence-corrected chi connectivity index (χ4v) is 2.55. The van der Waals surface area contributed by atoms with Gasteiger partial charge in [0.1, 0.15) is 0 Å². The zero-order chi connectivity index (χ0) is 13.0. The number of hydrogen-bond acceptors (Lipinski definition) is 3. The number of ketones is 1. The van der Waals surface area contributed by atoms with Crippen molar-refractivity contribution in [1.29, 1.82) is 0 Å². The molecule has 90 valence electrons. The molecule has 1 N–H and O–H groups in total. The lowest BCUT2D eigenvalue weighted by atomic mass is 9.86. The molecular weight excluding hydrogens is 226 g/mol. The Morgan fingerprint density at radius 2 is 1.83 bits per heavy atom. The van der Waals surface area contributed by atoms with Crippen LogP contribution in [0.5, 0.6) is 0 Å². The van der Waals surface area contributed by atoms with Gasteiger partial charge in [0.15, 0.2) is 5.76 Å². The number of Topliss-reactive ketones (excluding diaryl/α,β-unsaturated/α-hetero) is 1. The van der Waals surface area contributed by atoms with Crippen LogP contribution in [0.3, 0.4) is 0 Å².